The summed E-state index contributed by atoms with van der Waals surface area (Å²) in [7, 11) is -3.75. The van der Waals surface area contributed by atoms with Gasteiger partial charge in [-0.15, -0.1) is 0 Å². The number of halogens is 1. The molecule has 27 heavy (non-hydrogen) atoms. The van der Waals surface area contributed by atoms with Crippen LogP contribution in [0.1, 0.15) is 37.0 Å². The summed E-state index contributed by atoms with van der Waals surface area (Å²) in [5, 5.41) is 10.1. The van der Waals surface area contributed by atoms with Crippen LogP contribution in [0.4, 0.5) is 15.8 Å². The molecular weight excluding hydrogens is 367 g/mol. The van der Waals surface area contributed by atoms with Crippen LogP contribution in [0.5, 0.6) is 0 Å². The first-order chi connectivity index (χ1) is 12.6. The fraction of sp³-hybridized carbons (Fsp3) is 0.400. The number of aliphatic hydroxyl groups excluding tert-OH is 1. The van der Waals surface area contributed by atoms with Crippen molar-refractivity contribution in [1.82, 2.24) is 0 Å². The average molecular weight is 390 g/mol. The van der Waals surface area contributed by atoms with Crippen molar-refractivity contribution in [2.45, 2.75) is 49.9 Å². The number of benzene rings is 2. The third-order valence-corrected chi connectivity index (χ3v) is 6.68. The summed E-state index contributed by atoms with van der Waals surface area (Å²) in [5.41, 5.74) is 2.32. The molecule has 0 aromatic heterocycles. The Hall–Kier alpha value is -2.12. The molecule has 2 aliphatic rings. The number of rotatable bonds is 4. The second-order valence-electron chi connectivity index (χ2n) is 7.71. The van der Waals surface area contributed by atoms with Gasteiger partial charge in [0.25, 0.3) is 10.0 Å². The Morgan fingerprint density at radius 1 is 1.15 bits per heavy atom. The van der Waals surface area contributed by atoms with Crippen molar-refractivity contribution in [1.29, 1.82) is 0 Å². The average Bonchev–Trinajstić information content (AvgIpc) is 3.03. The lowest BCUT2D eigenvalue weighted by Gasteiger charge is -2.32. The summed E-state index contributed by atoms with van der Waals surface area (Å²) in [6, 6.07) is 9.71. The predicted octanol–water partition coefficient (Wildman–Crippen LogP) is 3.32. The minimum atomic E-state index is -3.75. The highest BCUT2D eigenvalue weighted by Gasteiger charge is 2.33. The number of aryl methyl sites for hydroxylation is 1. The molecule has 0 spiro atoms. The van der Waals surface area contributed by atoms with Gasteiger partial charge in [-0.25, -0.2) is 12.8 Å². The molecule has 2 aromatic carbocycles. The number of nitrogens with zero attached hydrogens (tertiary/aromatic N) is 1. The molecule has 1 atom stereocenters. The SMILES string of the molecule is CC(C)(F)c1ccc(NS(=O)(=O)c2cc3c4c(c2)CCN4C(O)CC3)cc1. The Labute approximate surface area is 158 Å². The summed E-state index contributed by atoms with van der Waals surface area (Å²) in [6.07, 6.45) is 1.49. The lowest BCUT2D eigenvalue weighted by atomic mass is 9.99. The van der Waals surface area contributed by atoms with Crippen LogP contribution < -0.4 is 9.62 Å². The summed E-state index contributed by atoms with van der Waals surface area (Å²) in [4.78, 5) is 2.18. The maximum Gasteiger partial charge on any atom is 0.261 e. The maximum absolute atomic E-state index is 14.0. The van der Waals surface area contributed by atoms with E-state index in [1.54, 1.807) is 36.4 Å². The zero-order valence-corrected chi connectivity index (χ0v) is 16.2. The van der Waals surface area contributed by atoms with E-state index in [1.165, 1.54) is 13.8 Å². The predicted molar refractivity (Wildman–Crippen MR) is 103 cm³/mol. The van der Waals surface area contributed by atoms with Crippen molar-refractivity contribution in [2.24, 2.45) is 0 Å². The second kappa shape index (κ2) is 6.21. The fourth-order valence-corrected chi connectivity index (χ4v) is 5.03. The van der Waals surface area contributed by atoms with Gasteiger partial charge in [-0.05, 0) is 74.1 Å². The highest BCUT2D eigenvalue weighted by atomic mass is 32.2. The number of alkyl halides is 1. The van der Waals surface area contributed by atoms with Gasteiger partial charge in [0.05, 0.1) is 4.90 Å². The van der Waals surface area contributed by atoms with Gasteiger partial charge in [0.15, 0.2) is 0 Å². The van der Waals surface area contributed by atoms with Crippen LogP contribution in [0.15, 0.2) is 41.3 Å². The molecule has 0 bridgehead atoms. The smallest absolute Gasteiger partial charge is 0.261 e. The zero-order chi connectivity index (χ0) is 19.4. The molecule has 0 amide bonds. The van der Waals surface area contributed by atoms with Crippen LogP contribution in [-0.4, -0.2) is 26.3 Å². The molecule has 0 saturated carbocycles. The van der Waals surface area contributed by atoms with Crippen LogP contribution in [0.3, 0.4) is 0 Å². The Morgan fingerprint density at radius 2 is 1.78 bits per heavy atom. The monoisotopic (exact) mass is 390 g/mol. The first kappa shape index (κ1) is 18.3. The number of sulfonamides is 1. The number of nitrogens with one attached hydrogen (secondary N) is 1. The van der Waals surface area contributed by atoms with Gasteiger partial charge in [-0.3, -0.25) is 4.72 Å². The standard InChI is InChI=1S/C20H23FN2O3S/c1-20(2,21)15-4-6-16(7-5-15)22-27(25,26)17-11-13-3-8-18(24)23-10-9-14(12-17)19(13)23/h4-7,11-12,18,22,24H,3,8-10H2,1-2H3. The van der Waals surface area contributed by atoms with E-state index in [0.717, 1.165) is 23.2 Å². The third kappa shape index (κ3) is 3.30. The Kier molecular flexibility index (Phi) is 4.20. The molecule has 0 saturated heterocycles. The normalized spacial score (nSPS) is 19.1. The van der Waals surface area contributed by atoms with Crippen molar-refractivity contribution in [3.05, 3.63) is 53.1 Å². The minimum absolute atomic E-state index is 0.226. The zero-order valence-electron chi connectivity index (χ0n) is 15.4. The Bertz CT molecular complexity index is 982. The van der Waals surface area contributed by atoms with E-state index < -0.39 is 21.9 Å². The molecule has 1 unspecified atom stereocenters. The van der Waals surface area contributed by atoms with Gasteiger partial charge in [0.2, 0.25) is 0 Å². The molecule has 5 nitrogen and oxygen atoms in total. The van der Waals surface area contributed by atoms with Crippen molar-refractivity contribution in [3.63, 3.8) is 0 Å². The third-order valence-electron chi connectivity index (χ3n) is 5.32. The van der Waals surface area contributed by atoms with Crippen LogP contribution in [0, 0.1) is 0 Å². The molecule has 0 radical (unpaired) electrons. The first-order valence-electron chi connectivity index (χ1n) is 9.08. The first-order valence-corrected chi connectivity index (χ1v) is 10.6. The van der Waals surface area contributed by atoms with Crippen molar-refractivity contribution >= 4 is 21.4 Å². The molecule has 0 aliphatic carbocycles. The Balaban J connectivity index is 1.64. The van der Waals surface area contributed by atoms with Crippen molar-refractivity contribution in [3.8, 4) is 0 Å². The van der Waals surface area contributed by atoms with E-state index in [-0.39, 0.29) is 4.90 Å². The van der Waals surface area contributed by atoms with Crippen molar-refractivity contribution in [2.75, 3.05) is 16.2 Å². The van der Waals surface area contributed by atoms with E-state index in [0.29, 0.717) is 30.6 Å². The molecule has 144 valence electrons. The van der Waals surface area contributed by atoms with Crippen LogP contribution in [0.2, 0.25) is 0 Å². The van der Waals surface area contributed by atoms with E-state index in [9.17, 15) is 17.9 Å². The van der Waals surface area contributed by atoms with Gasteiger partial charge in [-0.2, -0.15) is 0 Å². The quantitative estimate of drug-likeness (QED) is 0.840. The molecule has 4 rings (SSSR count). The van der Waals surface area contributed by atoms with Gasteiger partial charge >= 0.3 is 0 Å². The second-order valence-corrected chi connectivity index (χ2v) is 9.39. The largest absolute Gasteiger partial charge is 0.374 e. The van der Waals surface area contributed by atoms with Gasteiger partial charge in [0, 0.05) is 17.9 Å². The number of hydrogen-bond donors (Lipinski definition) is 2. The van der Waals surface area contributed by atoms with E-state index in [1.807, 2.05) is 4.90 Å². The van der Waals surface area contributed by atoms with Crippen LogP contribution in [-0.2, 0) is 28.5 Å². The number of aliphatic hydroxyl groups is 1. The molecule has 2 aliphatic heterocycles. The van der Waals surface area contributed by atoms with E-state index >= 15 is 0 Å². The van der Waals surface area contributed by atoms with Crippen LogP contribution >= 0.6 is 0 Å². The lowest BCUT2D eigenvalue weighted by molar-refractivity contribution is 0.156. The summed E-state index contributed by atoms with van der Waals surface area (Å²) in [6.45, 7) is 3.63. The Morgan fingerprint density at radius 3 is 2.41 bits per heavy atom. The summed E-state index contributed by atoms with van der Waals surface area (Å²) >= 11 is 0. The van der Waals surface area contributed by atoms with E-state index in [4.69, 9.17) is 0 Å². The summed E-state index contributed by atoms with van der Waals surface area (Å²) in [5.74, 6) is 0. The van der Waals surface area contributed by atoms with Crippen molar-refractivity contribution < 1.29 is 17.9 Å². The molecular formula is C20H23FN2O3S. The molecule has 0 fully saturated rings. The van der Waals surface area contributed by atoms with E-state index in [2.05, 4.69) is 4.72 Å². The number of hydrogen-bond acceptors (Lipinski definition) is 4. The highest BCUT2D eigenvalue weighted by Crippen LogP contribution is 2.40. The van der Waals surface area contributed by atoms with Crippen LogP contribution in [0.25, 0.3) is 0 Å². The molecule has 2 aromatic rings. The maximum atomic E-state index is 14.0. The van der Waals surface area contributed by atoms with Gasteiger partial charge in [0.1, 0.15) is 11.9 Å². The lowest BCUT2D eigenvalue weighted by Crippen LogP contribution is -2.37. The molecule has 7 heteroatoms. The van der Waals surface area contributed by atoms with Gasteiger partial charge < -0.3 is 10.0 Å². The molecule has 2 heterocycles. The van der Waals surface area contributed by atoms with Gasteiger partial charge in [-0.1, -0.05) is 12.1 Å². The number of anilines is 2. The molecule has 2 N–H and O–H groups in total. The summed E-state index contributed by atoms with van der Waals surface area (Å²) < 4.78 is 42.3. The minimum Gasteiger partial charge on any atom is -0.374 e. The topological polar surface area (TPSA) is 69.6 Å². The fourth-order valence-electron chi connectivity index (χ4n) is 3.87. The highest BCUT2D eigenvalue weighted by molar-refractivity contribution is 7.92.